The summed E-state index contributed by atoms with van der Waals surface area (Å²) in [6, 6.07) is 0. The summed E-state index contributed by atoms with van der Waals surface area (Å²) in [7, 11) is 1.22. The summed E-state index contributed by atoms with van der Waals surface area (Å²) >= 11 is 0. The van der Waals surface area contributed by atoms with Gasteiger partial charge in [-0.15, -0.1) is 0 Å². The molecule has 0 aromatic carbocycles. The van der Waals surface area contributed by atoms with Gasteiger partial charge in [0.2, 0.25) is 0 Å². The Balaban J connectivity index is 2.23. The number of allylic oxidation sites excluding steroid dienone is 1. The van der Waals surface area contributed by atoms with E-state index in [1.165, 1.54) is 41.9 Å². The molecule has 0 atom stereocenters. The lowest BCUT2D eigenvalue weighted by Gasteiger charge is -2.12. The summed E-state index contributed by atoms with van der Waals surface area (Å²) in [6.07, 6.45) is 8.86. The molecule has 0 N–H and O–H groups in total. The molecule has 0 aromatic rings. The third-order valence-corrected chi connectivity index (χ3v) is 3.41. The summed E-state index contributed by atoms with van der Waals surface area (Å²) < 4.78 is 5.41. The van der Waals surface area contributed by atoms with Gasteiger partial charge in [0.1, 0.15) is 0 Å². The third-order valence-electron chi connectivity index (χ3n) is 1.91. The first-order valence-corrected chi connectivity index (χ1v) is 10.5. The molecule has 0 spiro atoms. The van der Waals surface area contributed by atoms with Crippen LogP contribution in [0.1, 0.15) is 32.1 Å². The summed E-state index contributed by atoms with van der Waals surface area (Å²) in [4.78, 5) is 0. The van der Waals surface area contributed by atoms with E-state index in [9.17, 15) is 0 Å². The Kier molecular flexibility index (Phi) is 3.83. The molecule has 1 rings (SSSR count). The number of hydrogen-bond donors (Lipinski definition) is 0. The molecule has 10 heavy (non-hydrogen) atoms. The molecule has 0 radical (unpaired) electrons. The van der Waals surface area contributed by atoms with Gasteiger partial charge in [0, 0.05) is 9.76 Å². The second-order valence-electron chi connectivity index (χ2n) is 2.79. The van der Waals surface area contributed by atoms with Crippen LogP contribution in [0.5, 0.6) is 0 Å². The van der Waals surface area contributed by atoms with E-state index < -0.39 is 0 Å². The highest BCUT2D eigenvalue weighted by Crippen LogP contribution is 2.22. The van der Waals surface area contributed by atoms with Gasteiger partial charge in [-0.3, -0.25) is 0 Å². The summed E-state index contributed by atoms with van der Waals surface area (Å²) in [5.41, 5.74) is 1.56. The fourth-order valence-corrected chi connectivity index (χ4v) is 2.23. The smallest absolute Gasteiger partial charge is 0.193 e. The van der Waals surface area contributed by atoms with Crippen LogP contribution in [0.3, 0.4) is 0 Å². The lowest BCUT2D eigenvalue weighted by atomic mass is 9.96. The largest absolute Gasteiger partial charge is 0.559 e. The SMILES string of the molecule is [SiH3][SiH2]OC=C1CCCCC1. The molecule has 0 amide bonds. The molecule has 1 aliphatic carbocycles. The number of rotatable bonds is 2. The predicted molar refractivity (Wildman–Crippen MR) is 50.7 cm³/mol. The summed E-state index contributed by atoms with van der Waals surface area (Å²) in [6.45, 7) is 0. The van der Waals surface area contributed by atoms with E-state index in [2.05, 4.69) is 6.26 Å². The van der Waals surface area contributed by atoms with Gasteiger partial charge in [-0.2, -0.15) is 0 Å². The Morgan fingerprint density at radius 3 is 2.60 bits per heavy atom. The second-order valence-corrected chi connectivity index (χ2v) is 5.43. The minimum absolute atomic E-state index is 0.0685. The average Bonchev–Trinajstić information content (AvgIpc) is 2.03. The van der Waals surface area contributed by atoms with Crippen LogP contribution in [0.15, 0.2) is 11.8 Å². The third kappa shape index (κ3) is 2.70. The molecule has 1 fully saturated rings. The van der Waals surface area contributed by atoms with Crippen molar-refractivity contribution in [3.63, 3.8) is 0 Å². The maximum atomic E-state index is 5.41. The monoisotopic (exact) mass is 172 g/mol. The van der Waals surface area contributed by atoms with E-state index >= 15 is 0 Å². The van der Waals surface area contributed by atoms with Crippen molar-refractivity contribution in [3.8, 4) is 0 Å². The Labute approximate surface area is 68.0 Å². The van der Waals surface area contributed by atoms with E-state index in [4.69, 9.17) is 4.43 Å². The quantitative estimate of drug-likeness (QED) is 0.428. The van der Waals surface area contributed by atoms with E-state index in [1.54, 1.807) is 5.57 Å². The van der Waals surface area contributed by atoms with Crippen LogP contribution >= 0.6 is 0 Å². The fraction of sp³-hybridized carbons (Fsp3) is 0.714. The molecule has 0 saturated heterocycles. The van der Waals surface area contributed by atoms with Gasteiger partial charge in [0.15, 0.2) is 9.28 Å². The molecule has 1 aliphatic rings. The van der Waals surface area contributed by atoms with Crippen molar-refractivity contribution >= 4 is 19.0 Å². The van der Waals surface area contributed by atoms with Crippen molar-refractivity contribution in [2.75, 3.05) is 0 Å². The van der Waals surface area contributed by atoms with Crippen LogP contribution in [0.2, 0.25) is 0 Å². The van der Waals surface area contributed by atoms with Crippen LogP contribution in [0.25, 0.3) is 0 Å². The van der Waals surface area contributed by atoms with Gasteiger partial charge in [-0.25, -0.2) is 0 Å². The Hall–Kier alpha value is -0.0262. The van der Waals surface area contributed by atoms with E-state index in [0.717, 1.165) is 0 Å². The molecule has 0 heterocycles. The molecule has 58 valence electrons. The van der Waals surface area contributed by atoms with Gasteiger partial charge in [0.25, 0.3) is 0 Å². The van der Waals surface area contributed by atoms with Gasteiger partial charge in [0.05, 0.1) is 6.26 Å². The predicted octanol–water partition coefficient (Wildman–Crippen LogP) is 0.215. The number of hydrogen-bond acceptors (Lipinski definition) is 1. The van der Waals surface area contributed by atoms with Crippen molar-refractivity contribution in [1.29, 1.82) is 0 Å². The zero-order valence-electron chi connectivity index (χ0n) is 6.73. The summed E-state index contributed by atoms with van der Waals surface area (Å²) in [5.74, 6) is 0. The first kappa shape index (κ1) is 8.07. The van der Waals surface area contributed by atoms with Crippen LogP contribution < -0.4 is 0 Å². The van der Waals surface area contributed by atoms with E-state index in [-0.39, 0.29) is 9.28 Å². The van der Waals surface area contributed by atoms with Crippen LogP contribution in [-0.4, -0.2) is 19.0 Å². The van der Waals surface area contributed by atoms with Crippen molar-refractivity contribution in [2.45, 2.75) is 32.1 Å². The van der Waals surface area contributed by atoms with Crippen molar-refractivity contribution in [2.24, 2.45) is 0 Å². The standard InChI is InChI=1S/C7H16OSi2/c9-10-8-6-7-4-2-1-3-5-7/h6H,1-5,10H2,9H3. The molecular formula is C7H16OSi2. The van der Waals surface area contributed by atoms with E-state index in [1.807, 2.05) is 0 Å². The van der Waals surface area contributed by atoms with Crippen molar-refractivity contribution < 1.29 is 4.43 Å². The highest BCUT2D eigenvalue weighted by Gasteiger charge is 2.04. The van der Waals surface area contributed by atoms with Crippen LogP contribution in [-0.2, 0) is 4.43 Å². The zero-order valence-corrected chi connectivity index (χ0v) is 10.1. The normalized spacial score (nSPS) is 20.2. The lowest BCUT2D eigenvalue weighted by molar-refractivity contribution is 0.495. The second kappa shape index (κ2) is 4.74. The topological polar surface area (TPSA) is 9.23 Å². The molecule has 0 aliphatic heterocycles. The highest BCUT2D eigenvalue weighted by atomic mass is 29.1. The highest BCUT2D eigenvalue weighted by molar-refractivity contribution is 6.85. The summed E-state index contributed by atoms with van der Waals surface area (Å²) in [5, 5.41) is 0. The maximum Gasteiger partial charge on any atom is 0.193 e. The molecule has 1 nitrogen and oxygen atoms in total. The van der Waals surface area contributed by atoms with Crippen LogP contribution in [0.4, 0.5) is 0 Å². The van der Waals surface area contributed by atoms with Crippen molar-refractivity contribution in [1.82, 2.24) is 0 Å². The Bertz CT molecular complexity index is 115. The Morgan fingerprint density at radius 2 is 2.00 bits per heavy atom. The zero-order chi connectivity index (χ0) is 7.23. The van der Waals surface area contributed by atoms with Gasteiger partial charge >= 0.3 is 0 Å². The molecule has 0 unspecified atom stereocenters. The molecule has 3 heteroatoms. The molecule has 0 bridgehead atoms. The molecule has 0 aromatic heterocycles. The van der Waals surface area contributed by atoms with Gasteiger partial charge in [-0.1, -0.05) is 6.42 Å². The molecule has 1 saturated carbocycles. The lowest BCUT2D eigenvalue weighted by Crippen LogP contribution is -1.97. The minimum Gasteiger partial charge on any atom is -0.559 e. The van der Waals surface area contributed by atoms with Crippen LogP contribution in [0, 0.1) is 0 Å². The maximum absolute atomic E-state index is 5.41. The minimum atomic E-state index is -0.0685. The van der Waals surface area contributed by atoms with E-state index in [0.29, 0.717) is 0 Å². The Morgan fingerprint density at radius 1 is 1.30 bits per heavy atom. The first-order chi connectivity index (χ1) is 4.93. The van der Waals surface area contributed by atoms with Gasteiger partial charge in [-0.05, 0) is 31.3 Å². The fourth-order valence-electron chi connectivity index (χ4n) is 1.32. The average molecular weight is 172 g/mol. The van der Waals surface area contributed by atoms with Gasteiger partial charge < -0.3 is 4.43 Å². The first-order valence-electron chi connectivity index (χ1n) is 4.23. The molecular weight excluding hydrogens is 156 g/mol. The van der Waals surface area contributed by atoms with Crippen molar-refractivity contribution in [3.05, 3.63) is 11.8 Å².